The molecule has 1 N–H and O–H groups in total. The van der Waals surface area contributed by atoms with E-state index in [2.05, 4.69) is 11.4 Å². The fourth-order valence-electron chi connectivity index (χ4n) is 1.01. The summed E-state index contributed by atoms with van der Waals surface area (Å²) in [5.41, 5.74) is 0. The van der Waals surface area contributed by atoms with Crippen LogP contribution in [0.1, 0.15) is 32.6 Å². The van der Waals surface area contributed by atoms with E-state index in [9.17, 15) is 4.79 Å². The van der Waals surface area contributed by atoms with Gasteiger partial charge in [0.2, 0.25) is 0 Å². The van der Waals surface area contributed by atoms with Crippen LogP contribution in [0.15, 0.2) is 0 Å². The topological polar surface area (TPSA) is 62.1 Å². The van der Waals surface area contributed by atoms with Crippen molar-refractivity contribution < 1.29 is 9.53 Å². The highest BCUT2D eigenvalue weighted by molar-refractivity contribution is 5.69. The van der Waals surface area contributed by atoms with Crippen molar-refractivity contribution in [3.05, 3.63) is 0 Å². The Morgan fingerprint density at radius 1 is 1.43 bits per heavy atom. The second kappa shape index (κ2) is 10.0. The molecule has 0 saturated carbocycles. The summed E-state index contributed by atoms with van der Waals surface area (Å²) in [4.78, 5) is 10.9. The van der Waals surface area contributed by atoms with E-state index in [-0.39, 0.29) is 5.97 Å². The van der Waals surface area contributed by atoms with Gasteiger partial charge >= 0.3 is 5.97 Å². The van der Waals surface area contributed by atoms with Crippen molar-refractivity contribution >= 4 is 5.97 Å². The maximum absolute atomic E-state index is 10.9. The van der Waals surface area contributed by atoms with Crippen molar-refractivity contribution in [1.29, 1.82) is 5.26 Å². The molecule has 0 bridgehead atoms. The van der Waals surface area contributed by atoms with Gasteiger partial charge in [-0.15, -0.1) is 0 Å². The Balaban J connectivity index is 3.06. The fraction of sp³-hybridized carbons (Fsp3) is 0.800. The Bertz CT molecular complexity index is 187. The number of ether oxygens (including phenoxy) is 1. The molecule has 0 aliphatic carbocycles. The summed E-state index contributed by atoms with van der Waals surface area (Å²) in [7, 11) is 0. The predicted molar refractivity (Wildman–Crippen MR) is 53.6 cm³/mol. The van der Waals surface area contributed by atoms with Gasteiger partial charge in [0.1, 0.15) is 0 Å². The van der Waals surface area contributed by atoms with E-state index in [1.54, 1.807) is 6.92 Å². The lowest BCUT2D eigenvalue weighted by Crippen LogP contribution is -2.17. The molecule has 4 nitrogen and oxygen atoms in total. The molecule has 0 unspecified atom stereocenters. The average Bonchev–Trinajstić information content (AvgIpc) is 2.17. The third kappa shape index (κ3) is 9.01. The number of esters is 1. The first kappa shape index (κ1) is 12.9. The van der Waals surface area contributed by atoms with Crippen molar-refractivity contribution in [1.82, 2.24) is 5.32 Å². The van der Waals surface area contributed by atoms with Crippen molar-refractivity contribution in [3.8, 4) is 6.07 Å². The summed E-state index contributed by atoms with van der Waals surface area (Å²) >= 11 is 0. The van der Waals surface area contributed by atoms with Crippen LogP contribution in [0.25, 0.3) is 0 Å². The van der Waals surface area contributed by atoms with E-state index in [0.717, 1.165) is 25.9 Å². The van der Waals surface area contributed by atoms with Gasteiger partial charge < -0.3 is 10.1 Å². The van der Waals surface area contributed by atoms with Crippen LogP contribution in [0, 0.1) is 11.3 Å². The van der Waals surface area contributed by atoms with Crippen LogP contribution in [-0.2, 0) is 9.53 Å². The van der Waals surface area contributed by atoms with E-state index < -0.39 is 0 Å². The number of nitrogens with zero attached hydrogens (tertiary/aromatic N) is 1. The van der Waals surface area contributed by atoms with Gasteiger partial charge in [-0.25, -0.2) is 0 Å². The summed E-state index contributed by atoms with van der Waals surface area (Å²) in [6.07, 6.45) is 2.73. The normalized spacial score (nSPS) is 9.43. The molecule has 0 fully saturated rings. The van der Waals surface area contributed by atoms with Crippen molar-refractivity contribution in [3.63, 3.8) is 0 Å². The largest absolute Gasteiger partial charge is 0.466 e. The first-order valence-corrected chi connectivity index (χ1v) is 5.04. The fourth-order valence-corrected chi connectivity index (χ4v) is 1.01. The van der Waals surface area contributed by atoms with Gasteiger partial charge in [0.05, 0.1) is 12.7 Å². The van der Waals surface area contributed by atoms with E-state index in [4.69, 9.17) is 10.00 Å². The highest BCUT2D eigenvalue weighted by Crippen LogP contribution is 1.91. The number of unbranched alkanes of at least 4 members (excludes halogenated alkanes) is 1. The van der Waals surface area contributed by atoms with Crippen molar-refractivity contribution in [2.45, 2.75) is 32.6 Å². The SMILES string of the molecule is CCOC(=O)CCCNCCCC#N. The number of carbonyl (C=O) groups is 1. The molecule has 0 heterocycles. The van der Waals surface area contributed by atoms with E-state index >= 15 is 0 Å². The number of carbonyl (C=O) groups excluding carboxylic acids is 1. The van der Waals surface area contributed by atoms with Gasteiger partial charge in [0, 0.05) is 12.8 Å². The van der Waals surface area contributed by atoms with Crippen molar-refractivity contribution in [2.75, 3.05) is 19.7 Å². The molecule has 0 radical (unpaired) electrons. The van der Waals surface area contributed by atoms with Crippen LogP contribution in [0.5, 0.6) is 0 Å². The Morgan fingerprint density at radius 2 is 2.14 bits per heavy atom. The van der Waals surface area contributed by atoms with E-state index in [1.807, 2.05) is 0 Å². The molecule has 0 aromatic heterocycles. The zero-order chi connectivity index (χ0) is 10.6. The third-order valence-electron chi connectivity index (χ3n) is 1.68. The number of nitrogens with one attached hydrogen (secondary N) is 1. The van der Waals surface area contributed by atoms with Crippen LogP contribution in [0.4, 0.5) is 0 Å². The number of hydrogen-bond donors (Lipinski definition) is 1. The van der Waals surface area contributed by atoms with Crippen LogP contribution < -0.4 is 5.32 Å². The number of nitriles is 1. The van der Waals surface area contributed by atoms with Gasteiger partial charge in [0.15, 0.2) is 0 Å². The Labute approximate surface area is 85.2 Å². The molecule has 0 spiro atoms. The maximum Gasteiger partial charge on any atom is 0.305 e. The first-order valence-electron chi connectivity index (χ1n) is 5.04. The molecule has 0 aromatic rings. The van der Waals surface area contributed by atoms with Crippen molar-refractivity contribution in [2.24, 2.45) is 0 Å². The van der Waals surface area contributed by atoms with Gasteiger partial charge in [0.25, 0.3) is 0 Å². The van der Waals surface area contributed by atoms with Crippen LogP contribution in [0.3, 0.4) is 0 Å². The minimum Gasteiger partial charge on any atom is -0.466 e. The summed E-state index contributed by atoms with van der Waals surface area (Å²) in [6.45, 7) is 3.91. The maximum atomic E-state index is 10.9. The average molecular weight is 198 g/mol. The molecule has 0 aliphatic rings. The quantitative estimate of drug-likeness (QED) is 0.470. The van der Waals surface area contributed by atoms with Crippen LogP contribution >= 0.6 is 0 Å². The second-order valence-corrected chi connectivity index (χ2v) is 2.92. The minimum absolute atomic E-state index is 0.133. The lowest BCUT2D eigenvalue weighted by atomic mass is 10.3. The van der Waals surface area contributed by atoms with E-state index in [0.29, 0.717) is 19.4 Å². The molecule has 0 aliphatic heterocycles. The highest BCUT2D eigenvalue weighted by Gasteiger charge is 1.99. The molecule has 0 rings (SSSR count). The van der Waals surface area contributed by atoms with E-state index in [1.165, 1.54) is 0 Å². The molecule has 0 saturated heterocycles. The standard InChI is InChI=1S/C10H18N2O2/c1-2-14-10(13)6-5-9-12-8-4-3-7-11/h12H,2-6,8-9H2,1H3. The Hall–Kier alpha value is -1.08. The molecular formula is C10H18N2O2. The van der Waals surface area contributed by atoms with Gasteiger partial charge in [-0.2, -0.15) is 5.26 Å². The minimum atomic E-state index is -0.133. The number of hydrogen-bond acceptors (Lipinski definition) is 4. The van der Waals surface area contributed by atoms with Crippen LogP contribution in [-0.4, -0.2) is 25.7 Å². The Kier molecular flexibility index (Phi) is 9.23. The predicted octanol–water partition coefficient (Wildman–Crippen LogP) is 1.22. The molecule has 0 aromatic carbocycles. The second-order valence-electron chi connectivity index (χ2n) is 2.92. The zero-order valence-electron chi connectivity index (χ0n) is 8.71. The monoisotopic (exact) mass is 198 g/mol. The third-order valence-corrected chi connectivity index (χ3v) is 1.68. The lowest BCUT2D eigenvalue weighted by Gasteiger charge is -2.03. The summed E-state index contributed by atoms with van der Waals surface area (Å²) in [5.74, 6) is -0.133. The molecular weight excluding hydrogens is 180 g/mol. The first-order chi connectivity index (χ1) is 6.81. The van der Waals surface area contributed by atoms with Gasteiger partial charge in [-0.1, -0.05) is 0 Å². The van der Waals surface area contributed by atoms with Crippen LogP contribution in [0.2, 0.25) is 0 Å². The Morgan fingerprint density at radius 3 is 2.79 bits per heavy atom. The summed E-state index contributed by atoms with van der Waals surface area (Å²) in [6, 6.07) is 2.08. The highest BCUT2D eigenvalue weighted by atomic mass is 16.5. The summed E-state index contributed by atoms with van der Waals surface area (Å²) in [5, 5.41) is 11.4. The molecule has 4 heteroatoms. The molecule has 14 heavy (non-hydrogen) atoms. The lowest BCUT2D eigenvalue weighted by molar-refractivity contribution is -0.143. The molecule has 0 amide bonds. The smallest absolute Gasteiger partial charge is 0.305 e. The summed E-state index contributed by atoms with van der Waals surface area (Å²) < 4.78 is 4.78. The zero-order valence-corrected chi connectivity index (χ0v) is 8.71. The number of rotatable bonds is 8. The van der Waals surface area contributed by atoms with Gasteiger partial charge in [-0.05, 0) is 32.9 Å². The molecule has 80 valence electrons. The van der Waals surface area contributed by atoms with Gasteiger partial charge in [-0.3, -0.25) is 4.79 Å². The molecule has 0 atom stereocenters.